The van der Waals surface area contributed by atoms with Crippen LogP contribution in [0.4, 0.5) is 5.13 Å². The molecule has 2 aromatic rings. The minimum absolute atomic E-state index is 0.0979. The second-order valence-corrected chi connectivity index (χ2v) is 5.80. The summed E-state index contributed by atoms with van der Waals surface area (Å²) < 4.78 is 5.65. The third kappa shape index (κ3) is 5.41. The molecule has 0 radical (unpaired) electrons. The normalized spacial score (nSPS) is 11.5. The van der Waals surface area contributed by atoms with E-state index in [0.717, 1.165) is 19.4 Å². The SMILES string of the molecule is CCCCNC(N)=Nc1nc(-c2ccc(CNC(C)=O)o2)cs1. The Kier molecular flexibility index (Phi) is 6.16. The second kappa shape index (κ2) is 8.33. The van der Waals surface area contributed by atoms with Crippen LogP contribution in [0.3, 0.4) is 0 Å². The van der Waals surface area contributed by atoms with Gasteiger partial charge in [0.15, 0.2) is 11.7 Å². The summed E-state index contributed by atoms with van der Waals surface area (Å²) in [7, 11) is 0. The van der Waals surface area contributed by atoms with Crippen LogP contribution < -0.4 is 16.4 Å². The Hall–Kier alpha value is -2.35. The molecule has 0 bridgehead atoms. The van der Waals surface area contributed by atoms with Gasteiger partial charge in [-0.2, -0.15) is 4.99 Å². The van der Waals surface area contributed by atoms with E-state index in [9.17, 15) is 4.79 Å². The highest BCUT2D eigenvalue weighted by Gasteiger charge is 2.09. The molecular weight excluding hydrogens is 314 g/mol. The average Bonchev–Trinajstić information content (AvgIpc) is 3.14. The number of nitrogens with one attached hydrogen (secondary N) is 2. The van der Waals surface area contributed by atoms with Crippen LogP contribution in [0, 0.1) is 0 Å². The molecule has 124 valence electrons. The van der Waals surface area contributed by atoms with Gasteiger partial charge in [-0.25, -0.2) is 4.98 Å². The molecule has 0 aliphatic heterocycles. The van der Waals surface area contributed by atoms with Crippen molar-refractivity contribution in [2.45, 2.75) is 33.2 Å². The fourth-order valence-corrected chi connectivity index (χ4v) is 2.47. The molecule has 0 fully saturated rings. The molecule has 4 N–H and O–H groups in total. The minimum Gasteiger partial charge on any atom is -0.458 e. The number of hydrogen-bond donors (Lipinski definition) is 3. The van der Waals surface area contributed by atoms with Gasteiger partial charge in [-0.15, -0.1) is 11.3 Å². The molecule has 0 aliphatic rings. The van der Waals surface area contributed by atoms with Crippen LogP contribution in [0.25, 0.3) is 11.5 Å². The summed E-state index contributed by atoms with van der Waals surface area (Å²) in [6.45, 7) is 4.74. The number of nitrogens with zero attached hydrogens (tertiary/aromatic N) is 2. The van der Waals surface area contributed by atoms with Gasteiger partial charge < -0.3 is 20.8 Å². The number of hydrogen-bond acceptors (Lipinski definition) is 5. The molecule has 8 heteroatoms. The van der Waals surface area contributed by atoms with Crippen LogP contribution in [0.1, 0.15) is 32.4 Å². The number of rotatable bonds is 7. The third-order valence-electron chi connectivity index (χ3n) is 2.97. The highest BCUT2D eigenvalue weighted by atomic mass is 32.1. The molecule has 23 heavy (non-hydrogen) atoms. The molecule has 2 heterocycles. The third-order valence-corrected chi connectivity index (χ3v) is 3.70. The summed E-state index contributed by atoms with van der Waals surface area (Å²) >= 11 is 1.39. The molecule has 0 atom stereocenters. The first-order valence-electron chi connectivity index (χ1n) is 7.45. The molecule has 0 aromatic carbocycles. The van der Waals surface area contributed by atoms with Gasteiger partial charge in [0.05, 0.1) is 6.54 Å². The maximum absolute atomic E-state index is 10.9. The minimum atomic E-state index is -0.0979. The van der Waals surface area contributed by atoms with Crippen molar-refractivity contribution in [1.29, 1.82) is 0 Å². The Morgan fingerprint density at radius 2 is 2.26 bits per heavy atom. The largest absolute Gasteiger partial charge is 0.458 e. The van der Waals surface area contributed by atoms with Gasteiger partial charge >= 0.3 is 0 Å². The molecule has 2 aromatic heterocycles. The van der Waals surface area contributed by atoms with E-state index >= 15 is 0 Å². The van der Waals surface area contributed by atoms with Crippen LogP contribution >= 0.6 is 11.3 Å². The summed E-state index contributed by atoms with van der Waals surface area (Å²) in [5, 5.41) is 8.16. The van der Waals surface area contributed by atoms with Crippen molar-refractivity contribution in [2.75, 3.05) is 6.54 Å². The molecule has 7 nitrogen and oxygen atoms in total. The van der Waals surface area contributed by atoms with Crippen LogP contribution in [0.15, 0.2) is 26.9 Å². The average molecular weight is 335 g/mol. The molecule has 0 saturated carbocycles. The number of thiazole rings is 1. The highest BCUT2D eigenvalue weighted by Crippen LogP contribution is 2.28. The van der Waals surface area contributed by atoms with E-state index < -0.39 is 0 Å². The van der Waals surface area contributed by atoms with Gasteiger partial charge in [0.25, 0.3) is 0 Å². The standard InChI is InChI=1S/C15H21N5O2S/c1-3-4-7-17-14(16)20-15-19-12(9-23-15)13-6-5-11(22-13)8-18-10(2)21/h5-6,9H,3-4,7-8H2,1-2H3,(H,18,21)(H3,16,17,19,20). The lowest BCUT2D eigenvalue weighted by molar-refractivity contribution is -0.119. The lowest BCUT2D eigenvalue weighted by Gasteiger charge is -2.02. The first kappa shape index (κ1) is 17.0. The summed E-state index contributed by atoms with van der Waals surface area (Å²) in [5.74, 6) is 1.58. The Morgan fingerprint density at radius 3 is 3.00 bits per heavy atom. The number of unbranched alkanes of at least 4 members (excludes halogenated alkanes) is 1. The van der Waals surface area contributed by atoms with Crippen molar-refractivity contribution in [2.24, 2.45) is 10.7 Å². The second-order valence-electron chi connectivity index (χ2n) is 4.97. The number of amides is 1. The van der Waals surface area contributed by atoms with Gasteiger partial charge in [-0.1, -0.05) is 13.3 Å². The quantitative estimate of drug-likeness (QED) is 0.409. The van der Waals surface area contributed by atoms with Crippen LogP contribution in [0.2, 0.25) is 0 Å². The molecule has 0 spiro atoms. The number of carbonyl (C=O) groups is 1. The first-order chi connectivity index (χ1) is 11.1. The van der Waals surface area contributed by atoms with Gasteiger partial charge in [-0.3, -0.25) is 4.79 Å². The topological polar surface area (TPSA) is 106 Å². The Morgan fingerprint density at radius 1 is 1.43 bits per heavy atom. The molecule has 0 saturated heterocycles. The summed E-state index contributed by atoms with van der Waals surface area (Å²) in [4.78, 5) is 19.5. The summed E-state index contributed by atoms with van der Waals surface area (Å²) in [6.07, 6.45) is 2.14. The number of aliphatic imine (C=N–C) groups is 1. The van der Waals surface area contributed by atoms with Crippen molar-refractivity contribution in [1.82, 2.24) is 15.6 Å². The van der Waals surface area contributed by atoms with E-state index in [2.05, 4.69) is 27.5 Å². The van der Waals surface area contributed by atoms with Crippen LogP contribution in [0.5, 0.6) is 0 Å². The summed E-state index contributed by atoms with van der Waals surface area (Å²) in [5.41, 5.74) is 6.51. The maximum atomic E-state index is 10.9. The fraction of sp³-hybridized carbons (Fsp3) is 0.400. The zero-order chi connectivity index (χ0) is 16.7. The number of nitrogens with two attached hydrogens (primary N) is 1. The van der Waals surface area contributed by atoms with Crippen molar-refractivity contribution in [3.05, 3.63) is 23.3 Å². The number of aromatic nitrogens is 1. The number of carbonyl (C=O) groups excluding carboxylic acids is 1. The number of guanidine groups is 1. The van der Waals surface area contributed by atoms with E-state index in [1.807, 2.05) is 17.5 Å². The molecule has 1 amide bonds. The lowest BCUT2D eigenvalue weighted by atomic mass is 10.3. The monoisotopic (exact) mass is 335 g/mol. The van der Waals surface area contributed by atoms with Gasteiger partial charge in [-0.05, 0) is 18.6 Å². The highest BCUT2D eigenvalue weighted by molar-refractivity contribution is 7.13. The van der Waals surface area contributed by atoms with Crippen molar-refractivity contribution < 1.29 is 9.21 Å². The predicted molar refractivity (Wildman–Crippen MR) is 91.5 cm³/mol. The number of furan rings is 1. The first-order valence-corrected chi connectivity index (χ1v) is 8.33. The van der Waals surface area contributed by atoms with Crippen molar-refractivity contribution in [3.63, 3.8) is 0 Å². The van der Waals surface area contributed by atoms with Gasteiger partial charge in [0.2, 0.25) is 11.0 Å². The molecular formula is C15H21N5O2S. The molecule has 2 rings (SSSR count). The van der Waals surface area contributed by atoms with Crippen LogP contribution in [-0.4, -0.2) is 23.4 Å². The van der Waals surface area contributed by atoms with E-state index in [-0.39, 0.29) is 5.91 Å². The lowest BCUT2D eigenvalue weighted by Crippen LogP contribution is -2.31. The molecule has 0 aliphatic carbocycles. The molecule has 0 unspecified atom stereocenters. The van der Waals surface area contributed by atoms with Gasteiger partial charge in [0, 0.05) is 18.8 Å². The van der Waals surface area contributed by atoms with Crippen molar-refractivity contribution >= 4 is 28.3 Å². The maximum Gasteiger partial charge on any atom is 0.217 e. The van der Waals surface area contributed by atoms with E-state index in [4.69, 9.17) is 10.2 Å². The zero-order valence-electron chi connectivity index (χ0n) is 13.3. The van der Waals surface area contributed by atoms with Crippen LogP contribution in [-0.2, 0) is 11.3 Å². The Labute approximate surface area is 139 Å². The zero-order valence-corrected chi connectivity index (χ0v) is 14.1. The smallest absolute Gasteiger partial charge is 0.217 e. The summed E-state index contributed by atoms with van der Waals surface area (Å²) in [6, 6.07) is 3.64. The van der Waals surface area contributed by atoms with E-state index in [1.165, 1.54) is 18.3 Å². The van der Waals surface area contributed by atoms with Crippen molar-refractivity contribution in [3.8, 4) is 11.5 Å². The van der Waals surface area contributed by atoms with E-state index in [0.29, 0.717) is 34.9 Å². The Bertz CT molecular complexity index is 677. The Balaban J connectivity index is 1.98. The van der Waals surface area contributed by atoms with Gasteiger partial charge in [0.1, 0.15) is 11.5 Å². The van der Waals surface area contributed by atoms with E-state index in [1.54, 1.807) is 0 Å². The predicted octanol–water partition coefficient (Wildman–Crippen LogP) is 2.38. The fourth-order valence-electron chi connectivity index (χ4n) is 1.79.